The molecule has 5 rings (SSSR count). The van der Waals surface area contributed by atoms with Gasteiger partial charge in [-0.25, -0.2) is 23.1 Å². The number of anilines is 3. The second-order valence-corrected chi connectivity index (χ2v) is 9.70. The molecule has 0 spiro atoms. The number of aryl methyl sites for hydroxylation is 1. The number of ether oxygens (including phenoxy) is 1. The lowest BCUT2D eigenvalue weighted by Crippen LogP contribution is -2.29. The van der Waals surface area contributed by atoms with Crippen LogP contribution in [0.1, 0.15) is 12.0 Å². The summed E-state index contributed by atoms with van der Waals surface area (Å²) in [4.78, 5) is 22.5. The molecule has 2 N–H and O–H groups in total. The Kier molecular flexibility index (Phi) is 7.70. The number of nitrogens with one attached hydrogen (secondary N) is 2. The first kappa shape index (κ1) is 27.1. The van der Waals surface area contributed by atoms with Crippen LogP contribution in [-0.2, 0) is 4.79 Å². The second kappa shape index (κ2) is 11.4. The largest absolute Gasteiger partial charge is 0.490 e. The minimum Gasteiger partial charge on any atom is -0.490 e. The van der Waals surface area contributed by atoms with Gasteiger partial charge < -0.3 is 15.4 Å². The van der Waals surface area contributed by atoms with Crippen molar-refractivity contribution in [1.29, 1.82) is 0 Å². The molecule has 0 aliphatic carbocycles. The molecule has 4 aromatic rings. The number of benzene rings is 3. The molecule has 0 unspecified atom stereocenters. The molecular weight excluding hydrogens is 519 g/mol. The highest BCUT2D eigenvalue weighted by Crippen LogP contribution is 2.34. The number of hydrogen-bond acceptors (Lipinski definition) is 6. The molecule has 0 bridgehead atoms. The zero-order chi connectivity index (χ0) is 28.3. The fourth-order valence-electron chi connectivity index (χ4n) is 4.62. The Morgan fingerprint density at radius 2 is 2.02 bits per heavy atom. The van der Waals surface area contributed by atoms with Crippen LogP contribution in [-0.4, -0.2) is 52.9 Å². The SMILES string of the molecule is C=CC(=O)Nc1cc2c(Nc3cccc(-c4ccc(C)cc4F)c3)ncnc2cc1OCCN1CCC(F)(F)C1. The van der Waals surface area contributed by atoms with Gasteiger partial charge in [0.15, 0.2) is 0 Å². The van der Waals surface area contributed by atoms with E-state index in [2.05, 4.69) is 27.2 Å². The maximum atomic E-state index is 14.6. The van der Waals surface area contributed by atoms with Gasteiger partial charge in [0.1, 0.15) is 30.3 Å². The number of hydrogen-bond donors (Lipinski definition) is 2. The standard InChI is InChI=1S/C30H28F3N5O2/c1-3-28(39)37-26-15-23-25(16-27(26)40-12-11-38-10-9-30(32,33)17-38)34-18-35-29(23)36-21-6-4-5-20(14-21)22-8-7-19(2)13-24(22)31/h3-8,13-16,18H,1,9-12,17H2,2H3,(H,37,39)(H,34,35,36). The minimum absolute atomic E-state index is 0.150. The highest BCUT2D eigenvalue weighted by atomic mass is 19.3. The summed E-state index contributed by atoms with van der Waals surface area (Å²) >= 11 is 0. The number of alkyl halides is 2. The zero-order valence-corrected chi connectivity index (χ0v) is 21.9. The van der Waals surface area contributed by atoms with E-state index in [0.717, 1.165) is 11.6 Å². The van der Waals surface area contributed by atoms with Crippen molar-refractivity contribution >= 4 is 34.0 Å². The third kappa shape index (κ3) is 6.23. The molecule has 10 heteroatoms. The molecule has 206 valence electrons. The average Bonchev–Trinajstić information content (AvgIpc) is 3.27. The summed E-state index contributed by atoms with van der Waals surface area (Å²) in [5, 5.41) is 6.60. The number of halogens is 3. The fourth-order valence-corrected chi connectivity index (χ4v) is 4.62. The van der Waals surface area contributed by atoms with Gasteiger partial charge in [0.25, 0.3) is 5.92 Å². The van der Waals surface area contributed by atoms with Crippen LogP contribution in [0, 0.1) is 12.7 Å². The molecule has 1 aliphatic heterocycles. The van der Waals surface area contributed by atoms with Crippen LogP contribution < -0.4 is 15.4 Å². The van der Waals surface area contributed by atoms with Crippen molar-refractivity contribution in [2.24, 2.45) is 0 Å². The topological polar surface area (TPSA) is 79.4 Å². The van der Waals surface area contributed by atoms with Crippen molar-refractivity contribution in [3.63, 3.8) is 0 Å². The summed E-state index contributed by atoms with van der Waals surface area (Å²) in [5.41, 5.74) is 3.59. The molecule has 7 nitrogen and oxygen atoms in total. The van der Waals surface area contributed by atoms with E-state index in [0.29, 0.717) is 58.1 Å². The van der Waals surface area contributed by atoms with Crippen LogP contribution >= 0.6 is 0 Å². The average molecular weight is 548 g/mol. The summed E-state index contributed by atoms with van der Waals surface area (Å²) in [5.74, 6) is -2.62. The number of fused-ring (bicyclic) bond motifs is 1. The Morgan fingerprint density at radius 3 is 2.77 bits per heavy atom. The zero-order valence-electron chi connectivity index (χ0n) is 21.9. The first-order chi connectivity index (χ1) is 19.2. The van der Waals surface area contributed by atoms with Crippen molar-refractivity contribution in [3.05, 3.63) is 85.0 Å². The molecule has 2 heterocycles. The number of amides is 1. The van der Waals surface area contributed by atoms with Gasteiger partial charge in [-0.2, -0.15) is 0 Å². The molecule has 0 saturated carbocycles. The van der Waals surface area contributed by atoms with E-state index in [1.54, 1.807) is 23.1 Å². The van der Waals surface area contributed by atoms with Crippen LogP contribution in [0.25, 0.3) is 22.0 Å². The first-order valence-corrected chi connectivity index (χ1v) is 12.8. The van der Waals surface area contributed by atoms with Gasteiger partial charge in [0.2, 0.25) is 5.91 Å². The third-order valence-corrected chi connectivity index (χ3v) is 6.65. The van der Waals surface area contributed by atoms with E-state index in [1.165, 1.54) is 12.4 Å². The van der Waals surface area contributed by atoms with E-state index in [-0.39, 0.29) is 25.4 Å². The number of aromatic nitrogens is 2. The van der Waals surface area contributed by atoms with Gasteiger partial charge in [0.05, 0.1) is 17.7 Å². The van der Waals surface area contributed by atoms with E-state index in [4.69, 9.17) is 4.74 Å². The molecule has 3 aromatic carbocycles. The van der Waals surface area contributed by atoms with E-state index >= 15 is 0 Å². The molecule has 0 atom stereocenters. The van der Waals surface area contributed by atoms with Gasteiger partial charge in [-0.1, -0.05) is 30.8 Å². The lowest BCUT2D eigenvalue weighted by atomic mass is 10.0. The van der Waals surface area contributed by atoms with E-state index in [9.17, 15) is 18.0 Å². The van der Waals surface area contributed by atoms with Gasteiger partial charge in [0, 0.05) is 42.2 Å². The Hall–Kier alpha value is -4.44. The van der Waals surface area contributed by atoms with Crippen LogP contribution in [0.4, 0.5) is 30.4 Å². The number of rotatable bonds is 9. The Bertz CT molecular complexity index is 1580. The Morgan fingerprint density at radius 1 is 1.18 bits per heavy atom. The monoisotopic (exact) mass is 547 g/mol. The predicted molar refractivity (Wildman–Crippen MR) is 150 cm³/mol. The molecule has 40 heavy (non-hydrogen) atoms. The van der Waals surface area contributed by atoms with Crippen LogP contribution in [0.15, 0.2) is 73.6 Å². The summed E-state index contributed by atoms with van der Waals surface area (Å²) in [6.07, 6.45) is 2.36. The summed E-state index contributed by atoms with van der Waals surface area (Å²) in [7, 11) is 0. The molecule has 1 saturated heterocycles. The predicted octanol–water partition coefficient (Wildman–Crippen LogP) is 6.33. The number of likely N-dealkylation sites (tertiary alicyclic amines) is 1. The second-order valence-electron chi connectivity index (χ2n) is 9.70. The molecule has 0 radical (unpaired) electrons. The summed E-state index contributed by atoms with van der Waals surface area (Å²) in [6, 6.07) is 15.7. The van der Waals surface area contributed by atoms with Crippen LogP contribution in [0.5, 0.6) is 5.75 Å². The Balaban J connectivity index is 1.42. The van der Waals surface area contributed by atoms with Gasteiger partial charge >= 0.3 is 0 Å². The van der Waals surface area contributed by atoms with Crippen LogP contribution in [0.2, 0.25) is 0 Å². The molecule has 1 aromatic heterocycles. The summed E-state index contributed by atoms with van der Waals surface area (Å²) in [6.45, 7) is 5.80. The Labute approximate surface area is 229 Å². The van der Waals surface area contributed by atoms with Crippen molar-refractivity contribution < 1.29 is 22.7 Å². The number of nitrogens with zero attached hydrogens (tertiary/aromatic N) is 3. The first-order valence-electron chi connectivity index (χ1n) is 12.8. The molecular formula is C30H28F3N5O2. The highest BCUT2D eigenvalue weighted by molar-refractivity contribution is 6.03. The van der Waals surface area contributed by atoms with Crippen molar-refractivity contribution in [2.45, 2.75) is 19.3 Å². The lowest BCUT2D eigenvalue weighted by Gasteiger charge is -2.18. The normalized spacial score (nSPS) is 14.7. The smallest absolute Gasteiger partial charge is 0.261 e. The van der Waals surface area contributed by atoms with Crippen molar-refractivity contribution in [2.75, 3.05) is 36.9 Å². The van der Waals surface area contributed by atoms with E-state index in [1.807, 2.05) is 37.3 Å². The summed E-state index contributed by atoms with van der Waals surface area (Å²) < 4.78 is 47.6. The minimum atomic E-state index is -2.68. The third-order valence-electron chi connectivity index (χ3n) is 6.65. The van der Waals surface area contributed by atoms with E-state index < -0.39 is 11.8 Å². The number of carbonyl (C=O) groups is 1. The maximum Gasteiger partial charge on any atom is 0.261 e. The van der Waals surface area contributed by atoms with Crippen LogP contribution in [0.3, 0.4) is 0 Å². The maximum absolute atomic E-state index is 14.6. The van der Waals surface area contributed by atoms with Gasteiger partial charge in [-0.15, -0.1) is 0 Å². The van der Waals surface area contributed by atoms with Crippen molar-refractivity contribution in [3.8, 4) is 16.9 Å². The lowest BCUT2D eigenvalue weighted by molar-refractivity contribution is -0.111. The molecule has 1 aliphatic rings. The van der Waals surface area contributed by atoms with Crippen molar-refractivity contribution in [1.82, 2.24) is 14.9 Å². The van der Waals surface area contributed by atoms with Gasteiger partial charge in [-0.3, -0.25) is 9.69 Å². The quantitative estimate of drug-likeness (QED) is 0.238. The molecule has 1 amide bonds. The highest BCUT2D eigenvalue weighted by Gasteiger charge is 2.37. The van der Waals surface area contributed by atoms with Gasteiger partial charge in [-0.05, 0) is 48.4 Å². The molecule has 1 fully saturated rings. The number of carbonyl (C=O) groups excluding carboxylic acids is 1. The fraction of sp³-hybridized carbons (Fsp3) is 0.233.